The number of halogens is 1. The molecule has 1 N–H and O–H groups in total. The van der Waals surface area contributed by atoms with Crippen LogP contribution in [0.5, 0.6) is 0 Å². The molecular formula is C9H13BrN2. The van der Waals surface area contributed by atoms with Gasteiger partial charge in [-0.3, -0.25) is 4.98 Å². The number of hydrogen-bond donors (Lipinski definition) is 1. The second kappa shape index (κ2) is 4.58. The van der Waals surface area contributed by atoms with Crippen LogP contribution in [0.25, 0.3) is 0 Å². The van der Waals surface area contributed by atoms with Crippen LogP contribution in [-0.2, 0) is 0 Å². The lowest BCUT2D eigenvalue weighted by atomic mass is 10.1. The fraction of sp³-hybridized carbons (Fsp3) is 0.444. The molecule has 0 aliphatic rings. The summed E-state index contributed by atoms with van der Waals surface area (Å²) in [5.41, 5.74) is 1.10. The van der Waals surface area contributed by atoms with Crippen molar-refractivity contribution in [1.82, 2.24) is 10.3 Å². The fourth-order valence-electron chi connectivity index (χ4n) is 1.15. The molecule has 1 unspecified atom stereocenters. The van der Waals surface area contributed by atoms with Gasteiger partial charge in [0, 0.05) is 16.7 Å². The maximum absolute atomic E-state index is 4.31. The van der Waals surface area contributed by atoms with Crippen LogP contribution in [0.2, 0.25) is 0 Å². The highest BCUT2D eigenvalue weighted by atomic mass is 79.9. The smallest absolute Gasteiger partial charge is 0.0573 e. The lowest BCUT2D eigenvalue weighted by Gasteiger charge is -2.12. The van der Waals surface area contributed by atoms with Crippen LogP contribution >= 0.6 is 15.9 Å². The van der Waals surface area contributed by atoms with E-state index in [2.05, 4.69) is 33.2 Å². The topological polar surface area (TPSA) is 24.9 Å². The van der Waals surface area contributed by atoms with Gasteiger partial charge in [0.05, 0.1) is 5.69 Å². The molecule has 0 saturated heterocycles. The molecule has 0 bridgehead atoms. The normalized spacial score (nSPS) is 12.9. The van der Waals surface area contributed by atoms with Gasteiger partial charge < -0.3 is 5.32 Å². The molecule has 0 spiro atoms. The van der Waals surface area contributed by atoms with E-state index < -0.39 is 0 Å². The molecule has 0 amide bonds. The Labute approximate surface area is 81.5 Å². The van der Waals surface area contributed by atoms with Crippen molar-refractivity contribution in [3.05, 3.63) is 28.5 Å². The minimum absolute atomic E-state index is 0.373. The molecule has 1 aromatic rings. The summed E-state index contributed by atoms with van der Waals surface area (Å²) in [4.78, 5) is 4.31. The number of nitrogens with one attached hydrogen (secondary N) is 1. The van der Waals surface area contributed by atoms with Gasteiger partial charge in [0.1, 0.15) is 0 Å². The van der Waals surface area contributed by atoms with Crippen LogP contribution in [0.3, 0.4) is 0 Å². The van der Waals surface area contributed by atoms with Crippen molar-refractivity contribution >= 4 is 15.9 Å². The molecule has 0 radical (unpaired) electrons. The number of aromatic nitrogens is 1. The predicted octanol–water partition coefficient (Wildman–Crippen LogP) is 2.51. The standard InChI is InChI=1S/C9H13BrN2/c1-3-8(11-2)9-5-4-7(10)6-12-9/h4-6,8,11H,3H2,1-2H3. The third-order valence-corrected chi connectivity index (χ3v) is 2.33. The predicted molar refractivity (Wildman–Crippen MR) is 54.0 cm³/mol. The highest BCUT2D eigenvalue weighted by Gasteiger charge is 2.06. The zero-order valence-corrected chi connectivity index (χ0v) is 8.93. The molecule has 1 aromatic heterocycles. The zero-order chi connectivity index (χ0) is 8.97. The summed E-state index contributed by atoms with van der Waals surface area (Å²) in [6.45, 7) is 2.14. The van der Waals surface area contributed by atoms with Gasteiger partial charge in [-0.25, -0.2) is 0 Å². The first-order valence-electron chi connectivity index (χ1n) is 4.06. The van der Waals surface area contributed by atoms with Gasteiger partial charge in [-0.1, -0.05) is 6.92 Å². The van der Waals surface area contributed by atoms with Gasteiger partial charge in [-0.2, -0.15) is 0 Å². The van der Waals surface area contributed by atoms with Crippen molar-refractivity contribution in [2.45, 2.75) is 19.4 Å². The zero-order valence-electron chi connectivity index (χ0n) is 7.34. The molecule has 0 aliphatic heterocycles. The minimum Gasteiger partial charge on any atom is -0.312 e. The number of hydrogen-bond acceptors (Lipinski definition) is 2. The molecule has 0 aliphatic carbocycles. The van der Waals surface area contributed by atoms with E-state index in [1.807, 2.05) is 25.4 Å². The van der Waals surface area contributed by atoms with Crippen LogP contribution in [0.15, 0.2) is 22.8 Å². The van der Waals surface area contributed by atoms with Crippen molar-refractivity contribution in [1.29, 1.82) is 0 Å². The lowest BCUT2D eigenvalue weighted by Crippen LogP contribution is -2.16. The van der Waals surface area contributed by atoms with E-state index in [1.165, 1.54) is 0 Å². The second-order valence-electron chi connectivity index (χ2n) is 2.65. The summed E-state index contributed by atoms with van der Waals surface area (Å²) in [5, 5.41) is 3.21. The molecule has 0 aromatic carbocycles. The summed E-state index contributed by atoms with van der Waals surface area (Å²) in [6, 6.07) is 4.43. The lowest BCUT2D eigenvalue weighted by molar-refractivity contribution is 0.561. The molecule has 12 heavy (non-hydrogen) atoms. The first-order chi connectivity index (χ1) is 5.77. The van der Waals surface area contributed by atoms with Gasteiger partial charge in [0.2, 0.25) is 0 Å². The average molecular weight is 229 g/mol. The van der Waals surface area contributed by atoms with Crippen molar-refractivity contribution < 1.29 is 0 Å². The van der Waals surface area contributed by atoms with Gasteiger partial charge >= 0.3 is 0 Å². The van der Waals surface area contributed by atoms with Gasteiger partial charge in [-0.15, -0.1) is 0 Å². The maximum atomic E-state index is 4.31. The third-order valence-electron chi connectivity index (χ3n) is 1.86. The number of rotatable bonds is 3. The molecule has 1 atom stereocenters. The highest BCUT2D eigenvalue weighted by molar-refractivity contribution is 9.10. The SMILES string of the molecule is CCC(NC)c1ccc(Br)cn1. The number of nitrogens with zero attached hydrogens (tertiary/aromatic N) is 1. The largest absolute Gasteiger partial charge is 0.312 e. The van der Waals surface area contributed by atoms with Crippen molar-refractivity contribution in [3.8, 4) is 0 Å². The van der Waals surface area contributed by atoms with Crippen LogP contribution in [0.4, 0.5) is 0 Å². The van der Waals surface area contributed by atoms with E-state index in [0.29, 0.717) is 6.04 Å². The van der Waals surface area contributed by atoms with Crippen LogP contribution in [0.1, 0.15) is 25.1 Å². The van der Waals surface area contributed by atoms with E-state index >= 15 is 0 Å². The molecule has 1 rings (SSSR count). The third kappa shape index (κ3) is 2.29. The van der Waals surface area contributed by atoms with E-state index in [4.69, 9.17) is 0 Å². The summed E-state index contributed by atoms with van der Waals surface area (Å²) in [6.07, 6.45) is 2.89. The van der Waals surface area contributed by atoms with E-state index in [1.54, 1.807) is 0 Å². The molecule has 1 heterocycles. The van der Waals surface area contributed by atoms with E-state index in [9.17, 15) is 0 Å². The average Bonchev–Trinajstić information content (AvgIpc) is 2.10. The molecule has 0 fully saturated rings. The van der Waals surface area contributed by atoms with Gasteiger partial charge in [-0.05, 0) is 41.5 Å². The first kappa shape index (κ1) is 9.68. The van der Waals surface area contributed by atoms with Crippen molar-refractivity contribution in [3.63, 3.8) is 0 Å². The Morgan fingerprint density at radius 1 is 1.58 bits per heavy atom. The Morgan fingerprint density at radius 2 is 2.33 bits per heavy atom. The summed E-state index contributed by atoms with van der Waals surface area (Å²) in [7, 11) is 1.96. The maximum Gasteiger partial charge on any atom is 0.0573 e. The fourth-order valence-corrected chi connectivity index (χ4v) is 1.39. The van der Waals surface area contributed by atoms with E-state index in [-0.39, 0.29) is 0 Å². The monoisotopic (exact) mass is 228 g/mol. The minimum atomic E-state index is 0.373. The Morgan fingerprint density at radius 3 is 2.75 bits per heavy atom. The molecule has 66 valence electrons. The summed E-state index contributed by atoms with van der Waals surface area (Å²) >= 11 is 3.36. The van der Waals surface area contributed by atoms with Crippen LogP contribution in [-0.4, -0.2) is 12.0 Å². The Bertz CT molecular complexity index is 229. The number of pyridine rings is 1. The Balaban J connectivity index is 2.80. The van der Waals surface area contributed by atoms with Crippen LogP contribution < -0.4 is 5.32 Å². The van der Waals surface area contributed by atoms with Crippen molar-refractivity contribution in [2.75, 3.05) is 7.05 Å². The van der Waals surface area contributed by atoms with Crippen LogP contribution in [0, 0.1) is 0 Å². The van der Waals surface area contributed by atoms with E-state index in [0.717, 1.165) is 16.6 Å². The highest BCUT2D eigenvalue weighted by Crippen LogP contribution is 2.15. The Kier molecular flexibility index (Phi) is 3.69. The van der Waals surface area contributed by atoms with Gasteiger partial charge in [0.25, 0.3) is 0 Å². The van der Waals surface area contributed by atoms with Crippen molar-refractivity contribution in [2.24, 2.45) is 0 Å². The van der Waals surface area contributed by atoms with Gasteiger partial charge in [0.15, 0.2) is 0 Å². The molecular weight excluding hydrogens is 216 g/mol. The first-order valence-corrected chi connectivity index (χ1v) is 4.86. The molecule has 0 saturated carbocycles. The summed E-state index contributed by atoms with van der Waals surface area (Å²) in [5.74, 6) is 0. The molecule has 2 nitrogen and oxygen atoms in total. The Hall–Kier alpha value is -0.410. The quantitative estimate of drug-likeness (QED) is 0.861. The second-order valence-corrected chi connectivity index (χ2v) is 3.57. The summed E-state index contributed by atoms with van der Waals surface area (Å²) < 4.78 is 1.03. The molecule has 3 heteroatoms.